The second-order valence-electron chi connectivity index (χ2n) is 3.83. The minimum atomic E-state index is 0.159. The molecule has 0 bridgehead atoms. The lowest BCUT2D eigenvalue weighted by atomic mass is 10.1. The van der Waals surface area contributed by atoms with Crippen LogP contribution in [0.25, 0.3) is 0 Å². The highest BCUT2D eigenvalue weighted by Crippen LogP contribution is 2.03. The molecule has 1 aromatic rings. The van der Waals surface area contributed by atoms with Crippen molar-refractivity contribution in [1.29, 1.82) is 0 Å². The molecule has 0 aromatic heterocycles. The van der Waals surface area contributed by atoms with Gasteiger partial charge in [0.2, 0.25) is 0 Å². The van der Waals surface area contributed by atoms with Gasteiger partial charge in [-0.05, 0) is 18.4 Å². The molecule has 0 radical (unpaired) electrons. The molecule has 0 aliphatic carbocycles. The quantitative estimate of drug-likeness (QED) is 0.562. The molecule has 0 spiro atoms. The fraction of sp³-hybridized carbons (Fsp3) is 0.429. The summed E-state index contributed by atoms with van der Waals surface area (Å²) in [6, 6.07) is 10.3. The van der Waals surface area contributed by atoms with Crippen LogP contribution in [0.15, 0.2) is 30.3 Å². The molecule has 1 atom stereocenters. The smallest absolute Gasteiger partial charge is 0.0716 e. The number of nitrogens with two attached hydrogens (primary N) is 1. The van der Waals surface area contributed by atoms with Crippen molar-refractivity contribution >= 4 is 0 Å². The SMILES string of the molecule is C#CCCC(N)CCOCc1ccccc1. The minimum absolute atomic E-state index is 0.159. The summed E-state index contributed by atoms with van der Waals surface area (Å²) in [6.45, 7) is 1.35. The van der Waals surface area contributed by atoms with Gasteiger partial charge in [0, 0.05) is 19.1 Å². The summed E-state index contributed by atoms with van der Waals surface area (Å²) in [4.78, 5) is 0. The molecular formula is C14H19NO. The van der Waals surface area contributed by atoms with Crippen LogP contribution in [0.3, 0.4) is 0 Å². The van der Waals surface area contributed by atoms with Gasteiger partial charge in [0.25, 0.3) is 0 Å². The van der Waals surface area contributed by atoms with Crippen LogP contribution in [0.5, 0.6) is 0 Å². The summed E-state index contributed by atoms with van der Waals surface area (Å²) in [5.41, 5.74) is 7.06. The Morgan fingerprint density at radius 2 is 2.00 bits per heavy atom. The van der Waals surface area contributed by atoms with E-state index in [1.165, 1.54) is 5.56 Å². The first-order valence-electron chi connectivity index (χ1n) is 5.63. The fourth-order valence-electron chi connectivity index (χ4n) is 1.41. The Hall–Kier alpha value is -1.30. The van der Waals surface area contributed by atoms with Crippen molar-refractivity contribution in [3.63, 3.8) is 0 Å². The third-order valence-corrected chi connectivity index (χ3v) is 2.40. The maximum Gasteiger partial charge on any atom is 0.0716 e. The van der Waals surface area contributed by atoms with Gasteiger partial charge in [-0.15, -0.1) is 12.3 Å². The first kappa shape index (κ1) is 12.8. The number of terminal acetylenes is 1. The Bertz CT molecular complexity index is 315. The minimum Gasteiger partial charge on any atom is -0.377 e. The van der Waals surface area contributed by atoms with Crippen LogP contribution >= 0.6 is 0 Å². The lowest BCUT2D eigenvalue weighted by Gasteiger charge is -2.10. The lowest BCUT2D eigenvalue weighted by molar-refractivity contribution is 0.113. The molecule has 2 N–H and O–H groups in total. The van der Waals surface area contributed by atoms with Crippen LogP contribution in [0.4, 0.5) is 0 Å². The summed E-state index contributed by atoms with van der Waals surface area (Å²) in [5, 5.41) is 0. The van der Waals surface area contributed by atoms with Crippen LogP contribution in [0.2, 0.25) is 0 Å². The topological polar surface area (TPSA) is 35.2 Å². The van der Waals surface area contributed by atoms with Crippen molar-refractivity contribution in [3.05, 3.63) is 35.9 Å². The molecule has 0 saturated heterocycles. The largest absolute Gasteiger partial charge is 0.377 e. The molecule has 2 heteroatoms. The van der Waals surface area contributed by atoms with E-state index in [4.69, 9.17) is 16.9 Å². The first-order valence-corrected chi connectivity index (χ1v) is 5.63. The first-order chi connectivity index (χ1) is 7.83. The second kappa shape index (κ2) is 7.92. The van der Waals surface area contributed by atoms with Crippen LogP contribution in [0, 0.1) is 12.3 Å². The Kier molecular flexibility index (Phi) is 6.32. The van der Waals surface area contributed by atoms with E-state index < -0.39 is 0 Å². The molecule has 2 nitrogen and oxygen atoms in total. The van der Waals surface area contributed by atoms with Crippen molar-refractivity contribution in [2.24, 2.45) is 5.73 Å². The molecule has 0 saturated carbocycles. The fourth-order valence-corrected chi connectivity index (χ4v) is 1.41. The van der Waals surface area contributed by atoms with Gasteiger partial charge < -0.3 is 10.5 Å². The van der Waals surface area contributed by atoms with Crippen LogP contribution in [0.1, 0.15) is 24.8 Å². The van der Waals surface area contributed by atoms with Crippen LogP contribution in [-0.4, -0.2) is 12.6 Å². The van der Waals surface area contributed by atoms with E-state index in [2.05, 4.69) is 18.1 Å². The number of hydrogen-bond acceptors (Lipinski definition) is 2. The molecule has 1 rings (SSSR count). The van der Waals surface area contributed by atoms with E-state index in [-0.39, 0.29) is 6.04 Å². The van der Waals surface area contributed by atoms with Gasteiger partial charge >= 0.3 is 0 Å². The molecule has 86 valence electrons. The van der Waals surface area contributed by atoms with Crippen LogP contribution in [-0.2, 0) is 11.3 Å². The monoisotopic (exact) mass is 217 g/mol. The van der Waals surface area contributed by atoms with Gasteiger partial charge in [0.05, 0.1) is 6.61 Å². The average Bonchev–Trinajstić information content (AvgIpc) is 2.33. The van der Waals surface area contributed by atoms with Gasteiger partial charge in [0.1, 0.15) is 0 Å². The summed E-state index contributed by atoms with van der Waals surface area (Å²) >= 11 is 0. The average molecular weight is 217 g/mol. The van der Waals surface area contributed by atoms with E-state index in [0.717, 1.165) is 19.3 Å². The predicted molar refractivity (Wildman–Crippen MR) is 66.8 cm³/mol. The van der Waals surface area contributed by atoms with Crippen molar-refractivity contribution in [1.82, 2.24) is 0 Å². The van der Waals surface area contributed by atoms with E-state index in [1.807, 2.05) is 18.2 Å². The molecule has 1 unspecified atom stereocenters. The zero-order chi connectivity index (χ0) is 11.6. The number of ether oxygens (including phenoxy) is 1. The van der Waals surface area contributed by atoms with Gasteiger partial charge in [-0.2, -0.15) is 0 Å². The summed E-state index contributed by atoms with van der Waals surface area (Å²) in [7, 11) is 0. The summed E-state index contributed by atoms with van der Waals surface area (Å²) < 4.78 is 5.54. The zero-order valence-electron chi connectivity index (χ0n) is 9.56. The highest BCUT2D eigenvalue weighted by Gasteiger charge is 2.01. The summed E-state index contributed by atoms with van der Waals surface area (Å²) in [6.07, 6.45) is 7.67. The van der Waals surface area contributed by atoms with Crippen molar-refractivity contribution in [2.45, 2.75) is 31.9 Å². The molecule has 16 heavy (non-hydrogen) atoms. The second-order valence-corrected chi connectivity index (χ2v) is 3.83. The molecule has 0 aliphatic rings. The summed E-state index contributed by atoms with van der Waals surface area (Å²) in [5.74, 6) is 2.59. The number of hydrogen-bond donors (Lipinski definition) is 1. The molecule has 0 aliphatic heterocycles. The van der Waals surface area contributed by atoms with Gasteiger partial charge in [-0.3, -0.25) is 0 Å². The molecule has 0 amide bonds. The van der Waals surface area contributed by atoms with Gasteiger partial charge in [0.15, 0.2) is 0 Å². The van der Waals surface area contributed by atoms with E-state index in [1.54, 1.807) is 0 Å². The third kappa shape index (κ3) is 5.55. The van der Waals surface area contributed by atoms with Crippen molar-refractivity contribution in [2.75, 3.05) is 6.61 Å². The standard InChI is InChI=1S/C14H19NO/c1-2-3-9-14(15)10-11-16-12-13-7-5-4-6-8-13/h1,4-8,14H,3,9-12,15H2. The van der Waals surface area contributed by atoms with Crippen molar-refractivity contribution < 1.29 is 4.74 Å². The van der Waals surface area contributed by atoms with E-state index in [9.17, 15) is 0 Å². The normalized spacial score (nSPS) is 12.0. The Labute approximate surface area is 97.8 Å². The predicted octanol–water partition coefficient (Wildman–Crippen LogP) is 2.33. The van der Waals surface area contributed by atoms with Crippen LogP contribution < -0.4 is 5.73 Å². The maximum absolute atomic E-state index is 5.86. The molecule has 0 heterocycles. The maximum atomic E-state index is 5.86. The van der Waals surface area contributed by atoms with Gasteiger partial charge in [-0.1, -0.05) is 30.3 Å². The Balaban J connectivity index is 2.06. The van der Waals surface area contributed by atoms with Gasteiger partial charge in [-0.25, -0.2) is 0 Å². The van der Waals surface area contributed by atoms with E-state index in [0.29, 0.717) is 13.2 Å². The van der Waals surface area contributed by atoms with E-state index >= 15 is 0 Å². The third-order valence-electron chi connectivity index (χ3n) is 2.40. The molecule has 0 fully saturated rings. The zero-order valence-corrected chi connectivity index (χ0v) is 9.56. The number of rotatable bonds is 7. The Morgan fingerprint density at radius 3 is 2.69 bits per heavy atom. The molecule has 1 aromatic carbocycles. The van der Waals surface area contributed by atoms with Crippen molar-refractivity contribution in [3.8, 4) is 12.3 Å². The lowest BCUT2D eigenvalue weighted by Crippen LogP contribution is -2.21. The Morgan fingerprint density at radius 1 is 1.25 bits per heavy atom. The highest BCUT2D eigenvalue weighted by molar-refractivity contribution is 5.13. The molecular weight excluding hydrogens is 198 g/mol. The number of benzene rings is 1. The highest BCUT2D eigenvalue weighted by atomic mass is 16.5.